The Balaban J connectivity index is 2.33. The van der Waals surface area contributed by atoms with Crippen molar-refractivity contribution in [2.75, 3.05) is 6.54 Å². The molecule has 0 saturated carbocycles. The second-order valence-electron chi connectivity index (χ2n) is 3.92. The van der Waals surface area contributed by atoms with E-state index >= 15 is 0 Å². The Bertz CT molecular complexity index is 294. The van der Waals surface area contributed by atoms with E-state index in [1.54, 1.807) is 6.92 Å². The summed E-state index contributed by atoms with van der Waals surface area (Å²) in [4.78, 5) is 0. The molecule has 0 saturated heterocycles. The number of hydrogen-bond acceptors (Lipinski definition) is 3. The molecule has 2 N–H and O–H groups in total. The van der Waals surface area contributed by atoms with E-state index in [9.17, 15) is 0 Å². The summed E-state index contributed by atoms with van der Waals surface area (Å²) in [6, 6.07) is 2.12. The molecule has 0 spiro atoms. The van der Waals surface area contributed by atoms with Crippen molar-refractivity contribution in [1.82, 2.24) is 15.1 Å². The average molecular weight is 211 g/mol. The van der Waals surface area contributed by atoms with Crippen LogP contribution in [0.2, 0.25) is 0 Å². The third kappa shape index (κ3) is 4.01. The summed E-state index contributed by atoms with van der Waals surface area (Å²) in [5.41, 5.74) is 2.32. The molecular formula is C11H21N3O. The van der Waals surface area contributed by atoms with Gasteiger partial charge in [0.15, 0.2) is 0 Å². The van der Waals surface area contributed by atoms with E-state index in [1.807, 2.05) is 11.7 Å². The second-order valence-corrected chi connectivity index (χ2v) is 3.92. The van der Waals surface area contributed by atoms with Crippen LogP contribution in [0.5, 0.6) is 0 Å². The molecule has 1 heterocycles. The van der Waals surface area contributed by atoms with E-state index in [0.29, 0.717) is 0 Å². The van der Waals surface area contributed by atoms with Gasteiger partial charge in [-0.25, -0.2) is 0 Å². The molecule has 0 aliphatic heterocycles. The van der Waals surface area contributed by atoms with Gasteiger partial charge in [-0.15, -0.1) is 0 Å². The molecule has 0 radical (unpaired) electrons. The van der Waals surface area contributed by atoms with Gasteiger partial charge in [0, 0.05) is 13.6 Å². The van der Waals surface area contributed by atoms with Crippen LogP contribution < -0.4 is 5.32 Å². The summed E-state index contributed by atoms with van der Waals surface area (Å²) >= 11 is 0. The maximum absolute atomic E-state index is 9.09. The Morgan fingerprint density at radius 1 is 1.60 bits per heavy atom. The summed E-state index contributed by atoms with van der Waals surface area (Å²) in [6.07, 6.45) is 1.54. The molecule has 0 aliphatic rings. The van der Waals surface area contributed by atoms with Crippen molar-refractivity contribution in [2.24, 2.45) is 7.05 Å². The zero-order valence-electron chi connectivity index (χ0n) is 9.82. The maximum atomic E-state index is 9.09. The fourth-order valence-corrected chi connectivity index (χ4v) is 1.44. The fourth-order valence-electron chi connectivity index (χ4n) is 1.44. The number of nitrogens with one attached hydrogen (secondary N) is 1. The molecule has 86 valence electrons. The Morgan fingerprint density at radius 2 is 2.33 bits per heavy atom. The van der Waals surface area contributed by atoms with Crippen molar-refractivity contribution in [2.45, 2.75) is 39.3 Å². The third-order valence-corrected chi connectivity index (χ3v) is 2.43. The molecule has 1 unspecified atom stereocenters. The molecule has 0 aliphatic carbocycles. The van der Waals surface area contributed by atoms with Crippen molar-refractivity contribution in [1.29, 1.82) is 0 Å². The summed E-state index contributed by atoms with van der Waals surface area (Å²) in [7, 11) is 1.96. The van der Waals surface area contributed by atoms with Gasteiger partial charge in [0.25, 0.3) is 0 Å². The van der Waals surface area contributed by atoms with Crippen LogP contribution in [0.3, 0.4) is 0 Å². The molecule has 0 bridgehead atoms. The topological polar surface area (TPSA) is 50.1 Å². The lowest BCUT2D eigenvalue weighted by atomic mass is 10.3. The van der Waals surface area contributed by atoms with E-state index in [-0.39, 0.29) is 6.10 Å². The number of hydrogen-bond donors (Lipinski definition) is 2. The first kappa shape index (κ1) is 12.2. The lowest BCUT2D eigenvalue weighted by molar-refractivity contribution is 0.183. The molecule has 1 aromatic heterocycles. The molecular weight excluding hydrogens is 190 g/mol. The normalized spacial score (nSPS) is 13.1. The highest BCUT2D eigenvalue weighted by Crippen LogP contribution is 2.03. The lowest BCUT2D eigenvalue weighted by Crippen LogP contribution is -2.20. The molecule has 0 aromatic carbocycles. The molecule has 15 heavy (non-hydrogen) atoms. The number of rotatable bonds is 6. The van der Waals surface area contributed by atoms with Crippen molar-refractivity contribution in [3.63, 3.8) is 0 Å². The van der Waals surface area contributed by atoms with E-state index in [4.69, 9.17) is 5.11 Å². The zero-order chi connectivity index (χ0) is 11.3. The molecule has 4 nitrogen and oxygen atoms in total. The minimum atomic E-state index is -0.227. The van der Waals surface area contributed by atoms with Crippen molar-refractivity contribution in [3.05, 3.63) is 17.5 Å². The SMILES string of the molecule is CCc1cc(CNCCC(C)O)n(C)n1. The first-order valence-corrected chi connectivity index (χ1v) is 5.54. The summed E-state index contributed by atoms with van der Waals surface area (Å²) in [5, 5.41) is 16.7. The van der Waals surface area contributed by atoms with Crippen molar-refractivity contribution >= 4 is 0 Å². The van der Waals surface area contributed by atoms with Crippen LogP contribution in [0, 0.1) is 0 Å². The van der Waals surface area contributed by atoms with Gasteiger partial charge < -0.3 is 10.4 Å². The van der Waals surface area contributed by atoms with Crippen LogP contribution in [0.1, 0.15) is 31.7 Å². The third-order valence-electron chi connectivity index (χ3n) is 2.43. The highest BCUT2D eigenvalue weighted by atomic mass is 16.3. The van der Waals surface area contributed by atoms with Gasteiger partial charge >= 0.3 is 0 Å². The largest absolute Gasteiger partial charge is 0.393 e. The second kappa shape index (κ2) is 5.88. The van der Waals surface area contributed by atoms with Gasteiger partial charge in [-0.1, -0.05) is 6.92 Å². The molecule has 4 heteroatoms. The predicted molar refractivity (Wildman–Crippen MR) is 60.6 cm³/mol. The van der Waals surface area contributed by atoms with E-state index in [2.05, 4.69) is 23.4 Å². The quantitative estimate of drug-likeness (QED) is 0.686. The monoisotopic (exact) mass is 211 g/mol. The lowest BCUT2D eigenvalue weighted by Gasteiger charge is -2.06. The summed E-state index contributed by atoms with van der Waals surface area (Å²) < 4.78 is 1.91. The Morgan fingerprint density at radius 3 is 2.87 bits per heavy atom. The van der Waals surface area contributed by atoms with Crippen molar-refractivity contribution in [3.8, 4) is 0 Å². The van der Waals surface area contributed by atoms with Crippen LogP contribution in [0.4, 0.5) is 0 Å². The van der Waals surface area contributed by atoms with Gasteiger partial charge in [0.2, 0.25) is 0 Å². The highest BCUT2D eigenvalue weighted by molar-refractivity contribution is 5.09. The fraction of sp³-hybridized carbons (Fsp3) is 0.727. The number of nitrogens with zero attached hydrogens (tertiary/aromatic N) is 2. The number of aliphatic hydroxyl groups excluding tert-OH is 1. The van der Waals surface area contributed by atoms with Gasteiger partial charge in [0.1, 0.15) is 0 Å². The summed E-state index contributed by atoms with van der Waals surface area (Å²) in [5.74, 6) is 0. The van der Waals surface area contributed by atoms with E-state index in [0.717, 1.165) is 31.6 Å². The Labute approximate surface area is 91.3 Å². The molecule has 1 atom stereocenters. The van der Waals surface area contributed by atoms with Gasteiger partial charge in [0.05, 0.1) is 17.5 Å². The van der Waals surface area contributed by atoms with Gasteiger partial charge in [-0.2, -0.15) is 5.10 Å². The minimum absolute atomic E-state index is 0.227. The zero-order valence-corrected chi connectivity index (χ0v) is 9.82. The predicted octanol–water partition coefficient (Wildman–Crippen LogP) is 0.843. The molecule has 0 amide bonds. The van der Waals surface area contributed by atoms with Crippen molar-refractivity contribution < 1.29 is 5.11 Å². The van der Waals surface area contributed by atoms with Crippen LogP contribution in [0.15, 0.2) is 6.07 Å². The molecule has 1 aromatic rings. The van der Waals surface area contributed by atoms with E-state index < -0.39 is 0 Å². The maximum Gasteiger partial charge on any atom is 0.0625 e. The number of aryl methyl sites for hydroxylation is 2. The Kier molecular flexibility index (Phi) is 4.78. The number of aromatic nitrogens is 2. The Hall–Kier alpha value is -0.870. The molecule has 0 fully saturated rings. The van der Waals surface area contributed by atoms with Crippen LogP contribution in [0.25, 0.3) is 0 Å². The average Bonchev–Trinajstić information content (AvgIpc) is 2.54. The van der Waals surface area contributed by atoms with Gasteiger partial charge in [-0.05, 0) is 32.4 Å². The first-order chi connectivity index (χ1) is 7.13. The van der Waals surface area contributed by atoms with Crippen LogP contribution in [-0.4, -0.2) is 27.5 Å². The first-order valence-electron chi connectivity index (χ1n) is 5.54. The van der Waals surface area contributed by atoms with Gasteiger partial charge in [-0.3, -0.25) is 4.68 Å². The standard InChI is InChI=1S/C11H21N3O/c1-4-10-7-11(14(3)13-10)8-12-6-5-9(2)15/h7,9,12,15H,4-6,8H2,1-3H3. The highest BCUT2D eigenvalue weighted by Gasteiger charge is 2.03. The molecule has 1 rings (SSSR count). The summed E-state index contributed by atoms with van der Waals surface area (Å²) in [6.45, 7) is 5.56. The number of aliphatic hydroxyl groups is 1. The van der Waals surface area contributed by atoms with Crippen LogP contribution in [-0.2, 0) is 20.0 Å². The minimum Gasteiger partial charge on any atom is -0.393 e. The van der Waals surface area contributed by atoms with E-state index in [1.165, 1.54) is 5.69 Å². The van der Waals surface area contributed by atoms with Crippen LogP contribution >= 0.6 is 0 Å². The smallest absolute Gasteiger partial charge is 0.0625 e.